The number of benzene rings is 1. The van der Waals surface area contributed by atoms with Gasteiger partial charge in [-0.2, -0.15) is 0 Å². The molecule has 2 nitrogen and oxygen atoms in total. The highest BCUT2D eigenvalue weighted by Crippen LogP contribution is 2.66. The molecule has 0 bridgehead atoms. The molecule has 0 amide bonds. The first-order valence-corrected chi connectivity index (χ1v) is 15.6. The number of hydrogen-bond acceptors (Lipinski definition) is 2. The fourth-order valence-electron chi connectivity index (χ4n) is 9.36. The third-order valence-electron chi connectivity index (χ3n) is 12.2. The molecule has 1 aromatic rings. The van der Waals surface area contributed by atoms with E-state index in [1.54, 1.807) is 0 Å². The Hall–Kier alpha value is -1.57. The lowest BCUT2D eigenvalue weighted by atomic mass is 9.48. The van der Waals surface area contributed by atoms with Crippen molar-refractivity contribution in [2.45, 2.75) is 118 Å². The molecule has 4 aliphatic rings. The molecule has 3 fully saturated rings. The van der Waals surface area contributed by atoms with E-state index in [0.717, 1.165) is 42.4 Å². The Bertz CT molecular complexity index is 992. The average molecular weight is 505 g/mol. The molecule has 0 spiro atoms. The van der Waals surface area contributed by atoms with E-state index >= 15 is 0 Å². The van der Waals surface area contributed by atoms with Crippen LogP contribution >= 0.6 is 0 Å². The highest BCUT2D eigenvalue weighted by atomic mass is 16.5. The van der Waals surface area contributed by atoms with E-state index in [1.165, 1.54) is 57.8 Å². The minimum atomic E-state index is -0.143. The SMILES string of the molecule is CC(C)[C@@H](C)CC[C@@H](C)[C@H]1CCC2=C3CC[C@H]4C[C@@H](OC(=O)c5ccccc5)CC[C@]4(C)[C@H]3CC[C@@]21C. The van der Waals surface area contributed by atoms with Crippen LogP contribution in [0.5, 0.6) is 0 Å². The van der Waals surface area contributed by atoms with Crippen molar-refractivity contribution in [1.29, 1.82) is 0 Å². The lowest BCUT2D eigenvalue weighted by Gasteiger charge is -2.57. The molecule has 5 rings (SSSR count). The number of allylic oxidation sites excluding steroid dienone is 2. The number of rotatable bonds is 7. The average Bonchev–Trinajstić information content (AvgIpc) is 3.25. The van der Waals surface area contributed by atoms with Crippen LogP contribution in [0.3, 0.4) is 0 Å². The summed E-state index contributed by atoms with van der Waals surface area (Å²) < 4.78 is 6.04. The standard InChI is InChI=1S/C35H52O2/c1-23(2)24(3)12-13-25(4)30-16-17-31-29-15-14-27-22-28(37-33(36)26-10-8-7-9-11-26)18-20-34(27,5)32(29)19-21-35(30,31)6/h7-11,23-25,27-28,30,32H,12-22H2,1-6H3/t24-,25+,27-,28-,30+,32-,34-,35+/m0/s1. The first-order valence-electron chi connectivity index (χ1n) is 15.6. The molecule has 4 aliphatic carbocycles. The maximum absolute atomic E-state index is 12.7. The Morgan fingerprint density at radius 3 is 2.43 bits per heavy atom. The molecular formula is C35H52O2. The summed E-state index contributed by atoms with van der Waals surface area (Å²) in [5, 5.41) is 0. The second-order valence-electron chi connectivity index (χ2n) is 14.3. The zero-order chi connectivity index (χ0) is 26.4. The van der Waals surface area contributed by atoms with Gasteiger partial charge in [0.15, 0.2) is 0 Å². The van der Waals surface area contributed by atoms with E-state index < -0.39 is 0 Å². The number of fused-ring (bicyclic) bond motifs is 4. The van der Waals surface area contributed by atoms with Crippen LogP contribution < -0.4 is 0 Å². The van der Waals surface area contributed by atoms with Crippen molar-refractivity contribution < 1.29 is 9.53 Å². The van der Waals surface area contributed by atoms with E-state index in [2.05, 4.69) is 41.5 Å². The molecule has 0 radical (unpaired) electrons. The number of carbonyl (C=O) groups is 1. The van der Waals surface area contributed by atoms with Gasteiger partial charge in [-0.25, -0.2) is 4.79 Å². The molecule has 204 valence electrons. The third-order valence-corrected chi connectivity index (χ3v) is 12.2. The molecule has 0 aliphatic heterocycles. The van der Waals surface area contributed by atoms with Gasteiger partial charge < -0.3 is 4.74 Å². The van der Waals surface area contributed by atoms with Crippen LogP contribution in [0.2, 0.25) is 0 Å². The van der Waals surface area contributed by atoms with Crippen molar-refractivity contribution >= 4 is 5.97 Å². The Kier molecular flexibility index (Phi) is 7.69. The zero-order valence-corrected chi connectivity index (χ0v) is 24.5. The summed E-state index contributed by atoms with van der Waals surface area (Å²) in [5.74, 6) is 4.64. The predicted molar refractivity (Wildman–Crippen MR) is 153 cm³/mol. The monoisotopic (exact) mass is 504 g/mol. The summed E-state index contributed by atoms with van der Waals surface area (Å²) in [6, 6.07) is 9.53. The van der Waals surface area contributed by atoms with Crippen molar-refractivity contribution in [3.8, 4) is 0 Å². The highest BCUT2D eigenvalue weighted by Gasteiger charge is 2.56. The molecule has 0 aromatic heterocycles. The fraction of sp³-hybridized carbons (Fsp3) is 0.743. The van der Waals surface area contributed by atoms with Crippen molar-refractivity contribution in [2.75, 3.05) is 0 Å². The largest absolute Gasteiger partial charge is 0.459 e. The van der Waals surface area contributed by atoms with E-state index in [-0.39, 0.29) is 12.1 Å². The van der Waals surface area contributed by atoms with Crippen molar-refractivity contribution in [1.82, 2.24) is 0 Å². The summed E-state index contributed by atoms with van der Waals surface area (Å²) in [6.45, 7) is 15.0. The molecule has 2 heteroatoms. The molecule has 0 unspecified atom stereocenters. The summed E-state index contributed by atoms with van der Waals surface area (Å²) in [7, 11) is 0. The molecule has 37 heavy (non-hydrogen) atoms. The number of esters is 1. The van der Waals surface area contributed by atoms with E-state index in [1.807, 2.05) is 41.5 Å². The summed E-state index contributed by atoms with van der Waals surface area (Å²) in [6.07, 6.45) is 14.3. The van der Waals surface area contributed by atoms with Gasteiger partial charge in [0.25, 0.3) is 0 Å². The Morgan fingerprint density at radius 1 is 0.946 bits per heavy atom. The van der Waals surface area contributed by atoms with E-state index in [4.69, 9.17) is 4.74 Å². The van der Waals surface area contributed by atoms with Crippen LogP contribution in [0.15, 0.2) is 41.5 Å². The Morgan fingerprint density at radius 2 is 1.70 bits per heavy atom. The predicted octanol–water partition coefficient (Wildman–Crippen LogP) is 9.64. The van der Waals surface area contributed by atoms with Gasteiger partial charge in [0.2, 0.25) is 0 Å². The van der Waals surface area contributed by atoms with Crippen molar-refractivity contribution in [3.05, 3.63) is 47.0 Å². The molecule has 0 N–H and O–H groups in total. The van der Waals surface area contributed by atoms with Crippen LogP contribution in [-0.4, -0.2) is 12.1 Å². The van der Waals surface area contributed by atoms with Gasteiger partial charge in [-0.1, -0.05) is 83.7 Å². The van der Waals surface area contributed by atoms with Gasteiger partial charge in [-0.05, 0) is 116 Å². The summed E-state index contributed by atoms with van der Waals surface area (Å²) in [4.78, 5) is 12.7. The molecule has 3 saturated carbocycles. The Labute approximate surface area is 227 Å². The molecular weight excluding hydrogens is 452 g/mol. The van der Waals surface area contributed by atoms with Crippen molar-refractivity contribution in [2.24, 2.45) is 46.3 Å². The van der Waals surface area contributed by atoms with Crippen LogP contribution in [0, 0.1) is 46.3 Å². The van der Waals surface area contributed by atoms with Crippen LogP contribution in [0.4, 0.5) is 0 Å². The lowest BCUT2D eigenvalue weighted by Crippen LogP contribution is -2.48. The maximum Gasteiger partial charge on any atom is 0.338 e. The van der Waals surface area contributed by atoms with Crippen LogP contribution in [0.1, 0.15) is 123 Å². The van der Waals surface area contributed by atoms with Gasteiger partial charge in [0, 0.05) is 0 Å². The maximum atomic E-state index is 12.7. The quantitative estimate of drug-likeness (QED) is 0.273. The summed E-state index contributed by atoms with van der Waals surface area (Å²) in [5.41, 5.74) is 5.29. The zero-order valence-electron chi connectivity index (χ0n) is 24.5. The van der Waals surface area contributed by atoms with Crippen molar-refractivity contribution in [3.63, 3.8) is 0 Å². The lowest BCUT2D eigenvalue weighted by molar-refractivity contribution is -0.0499. The fourth-order valence-corrected chi connectivity index (χ4v) is 9.36. The minimum Gasteiger partial charge on any atom is -0.459 e. The minimum absolute atomic E-state index is 0.0822. The first kappa shape index (κ1) is 27.0. The second-order valence-corrected chi connectivity index (χ2v) is 14.3. The molecule has 1 aromatic carbocycles. The number of ether oxygens (including phenoxy) is 1. The second kappa shape index (κ2) is 10.5. The van der Waals surface area contributed by atoms with E-state index in [9.17, 15) is 4.79 Å². The van der Waals surface area contributed by atoms with Gasteiger partial charge in [-0.15, -0.1) is 0 Å². The normalized spacial score (nSPS) is 36.9. The number of carbonyl (C=O) groups excluding carboxylic acids is 1. The Balaban J connectivity index is 1.27. The smallest absolute Gasteiger partial charge is 0.338 e. The van der Waals surface area contributed by atoms with E-state index in [0.29, 0.717) is 22.3 Å². The number of hydrogen-bond donors (Lipinski definition) is 0. The molecule has 0 heterocycles. The van der Waals surface area contributed by atoms with Gasteiger partial charge in [0.05, 0.1) is 5.56 Å². The van der Waals surface area contributed by atoms with Crippen LogP contribution in [-0.2, 0) is 4.74 Å². The van der Waals surface area contributed by atoms with Gasteiger partial charge >= 0.3 is 5.97 Å². The topological polar surface area (TPSA) is 26.3 Å². The first-order chi connectivity index (χ1) is 17.6. The third kappa shape index (κ3) is 4.96. The summed E-state index contributed by atoms with van der Waals surface area (Å²) >= 11 is 0. The molecule has 8 atom stereocenters. The highest BCUT2D eigenvalue weighted by molar-refractivity contribution is 5.89. The van der Waals surface area contributed by atoms with Gasteiger partial charge in [0.1, 0.15) is 6.10 Å². The van der Waals surface area contributed by atoms with Crippen LogP contribution in [0.25, 0.3) is 0 Å². The van der Waals surface area contributed by atoms with Gasteiger partial charge in [-0.3, -0.25) is 0 Å². The molecule has 0 saturated heterocycles.